The van der Waals surface area contributed by atoms with Gasteiger partial charge in [-0.25, -0.2) is 8.42 Å². The zero-order chi connectivity index (χ0) is 19.4. The lowest BCUT2D eigenvalue weighted by Crippen LogP contribution is -2.74. The molecule has 3 saturated heterocycles. The second-order valence-electron chi connectivity index (χ2n) is 8.19. The van der Waals surface area contributed by atoms with Gasteiger partial charge < -0.3 is 4.74 Å². The molecule has 0 atom stereocenters. The third-order valence-electron chi connectivity index (χ3n) is 5.91. The Morgan fingerprint density at radius 3 is 2.37 bits per heavy atom. The summed E-state index contributed by atoms with van der Waals surface area (Å²) in [7, 11) is -3.70. The zero-order valence-electron chi connectivity index (χ0n) is 15.6. The molecule has 0 bridgehead atoms. The topological polar surface area (TPSA) is 62.7 Å². The molecular formula is C18H25F2N3O3S. The van der Waals surface area contributed by atoms with Crippen LogP contribution in [0.25, 0.3) is 0 Å². The van der Waals surface area contributed by atoms with Crippen molar-refractivity contribution in [2.75, 3.05) is 39.4 Å². The second-order valence-corrected chi connectivity index (χ2v) is 10.1. The lowest BCUT2D eigenvalue weighted by atomic mass is 9.73. The molecule has 0 saturated carbocycles. The molecule has 1 spiro atoms. The van der Waals surface area contributed by atoms with Gasteiger partial charge in [0.25, 0.3) is 5.92 Å². The Kier molecular flexibility index (Phi) is 4.57. The van der Waals surface area contributed by atoms with Gasteiger partial charge in [-0.15, -0.1) is 0 Å². The summed E-state index contributed by atoms with van der Waals surface area (Å²) in [6.07, 6.45) is 2.08. The molecule has 0 amide bonds. The van der Waals surface area contributed by atoms with E-state index in [0.29, 0.717) is 19.1 Å². The van der Waals surface area contributed by atoms with E-state index in [1.165, 1.54) is 17.3 Å². The normalized spacial score (nSPS) is 24.6. The van der Waals surface area contributed by atoms with Gasteiger partial charge in [0.2, 0.25) is 10.0 Å². The zero-order valence-corrected chi connectivity index (χ0v) is 16.4. The molecule has 9 heteroatoms. The predicted molar refractivity (Wildman–Crippen MR) is 95.1 cm³/mol. The van der Waals surface area contributed by atoms with Crippen LogP contribution in [-0.2, 0) is 20.7 Å². The first-order valence-electron chi connectivity index (χ1n) is 9.29. The lowest BCUT2D eigenvalue weighted by molar-refractivity contribution is -0.116. The molecule has 0 aromatic carbocycles. The number of ether oxygens (including phenoxy) is 1. The number of rotatable bonds is 4. The van der Waals surface area contributed by atoms with Crippen molar-refractivity contribution < 1.29 is 21.9 Å². The average Bonchev–Trinajstić information content (AvgIpc) is 2.52. The number of nitrogens with zero attached hydrogens (tertiary/aromatic N) is 3. The van der Waals surface area contributed by atoms with E-state index in [9.17, 15) is 17.2 Å². The number of hydrogen-bond acceptors (Lipinski definition) is 5. The highest BCUT2D eigenvalue weighted by atomic mass is 32.2. The molecule has 0 unspecified atom stereocenters. The largest absolute Gasteiger partial charge is 0.381 e. The minimum atomic E-state index is -3.70. The minimum absolute atomic E-state index is 0.0194. The number of pyridine rings is 1. The van der Waals surface area contributed by atoms with E-state index in [1.54, 1.807) is 0 Å². The van der Waals surface area contributed by atoms with Crippen LogP contribution in [0.5, 0.6) is 0 Å². The Balaban J connectivity index is 1.40. The van der Waals surface area contributed by atoms with E-state index >= 15 is 0 Å². The van der Waals surface area contributed by atoms with E-state index in [-0.39, 0.29) is 16.0 Å². The van der Waals surface area contributed by atoms with Crippen LogP contribution in [0.2, 0.25) is 0 Å². The highest BCUT2D eigenvalue weighted by molar-refractivity contribution is 7.89. The fourth-order valence-electron chi connectivity index (χ4n) is 4.40. The van der Waals surface area contributed by atoms with Crippen molar-refractivity contribution in [1.82, 2.24) is 14.2 Å². The number of sulfonamides is 1. The maximum atomic E-state index is 13.4. The maximum Gasteiger partial charge on any atom is 0.286 e. The van der Waals surface area contributed by atoms with Crippen molar-refractivity contribution >= 4 is 10.0 Å². The molecule has 0 radical (unpaired) electrons. The molecule has 4 rings (SSSR count). The molecule has 27 heavy (non-hydrogen) atoms. The van der Waals surface area contributed by atoms with Gasteiger partial charge in [-0.1, -0.05) is 0 Å². The summed E-state index contributed by atoms with van der Waals surface area (Å²) in [6.45, 7) is 6.63. The van der Waals surface area contributed by atoms with Crippen molar-refractivity contribution in [2.24, 2.45) is 5.41 Å². The summed E-state index contributed by atoms with van der Waals surface area (Å²) in [5.74, 6) is -3.09. The molecule has 3 aliphatic rings. The van der Waals surface area contributed by atoms with Crippen LogP contribution >= 0.6 is 0 Å². The Labute approximate surface area is 158 Å². The SMILES string of the molecule is Cc1nc(C(C)(F)F)ccc1S(=O)(=O)N1CC2(CN(C3CCOCC3)C2)C1. The highest BCUT2D eigenvalue weighted by Crippen LogP contribution is 2.44. The van der Waals surface area contributed by atoms with Crippen molar-refractivity contribution in [1.29, 1.82) is 0 Å². The Morgan fingerprint density at radius 1 is 1.19 bits per heavy atom. The van der Waals surface area contributed by atoms with E-state index in [1.807, 2.05) is 0 Å². The molecule has 4 heterocycles. The molecule has 1 aromatic rings. The first-order chi connectivity index (χ1) is 12.6. The first-order valence-corrected chi connectivity index (χ1v) is 10.7. The number of halogens is 2. The molecule has 1 aromatic heterocycles. The van der Waals surface area contributed by atoms with Crippen molar-refractivity contribution in [3.05, 3.63) is 23.5 Å². The van der Waals surface area contributed by atoms with Gasteiger partial charge in [-0.3, -0.25) is 9.88 Å². The van der Waals surface area contributed by atoms with Gasteiger partial charge in [-0.2, -0.15) is 13.1 Å². The van der Waals surface area contributed by atoms with Crippen LogP contribution < -0.4 is 0 Å². The summed E-state index contributed by atoms with van der Waals surface area (Å²) in [4.78, 5) is 6.27. The molecule has 150 valence electrons. The third-order valence-corrected chi connectivity index (χ3v) is 7.84. The Bertz CT molecular complexity index is 821. The van der Waals surface area contributed by atoms with Gasteiger partial charge in [0.05, 0.1) is 5.69 Å². The van der Waals surface area contributed by atoms with Crippen LogP contribution in [0.1, 0.15) is 31.2 Å². The third kappa shape index (κ3) is 3.39. The highest BCUT2D eigenvalue weighted by Gasteiger charge is 2.56. The second kappa shape index (κ2) is 6.43. The fraction of sp³-hybridized carbons (Fsp3) is 0.722. The smallest absolute Gasteiger partial charge is 0.286 e. The summed E-state index contributed by atoms with van der Waals surface area (Å²) in [5, 5.41) is 0. The van der Waals surface area contributed by atoms with Gasteiger partial charge in [0, 0.05) is 57.8 Å². The monoisotopic (exact) mass is 401 g/mol. The van der Waals surface area contributed by atoms with E-state index in [0.717, 1.165) is 52.1 Å². The van der Waals surface area contributed by atoms with Crippen LogP contribution in [0, 0.1) is 12.3 Å². The molecule has 3 aliphatic heterocycles. The number of likely N-dealkylation sites (tertiary alicyclic amines) is 1. The van der Waals surface area contributed by atoms with Gasteiger partial charge >= 0.3 is 0 Å². The summed E-state index contributed by atoms with van der Waals surface area (Å²) < 4.78 is 59.4. The van der Waals surface area contributed by atoms with Crippen LogP contribution in [0.3, 0.4) is 0 Å². The summed E-state index contributed by atoms with van der Waals surface area (Å²) in [5.41, 5.74) is -0.249. The molecule has 3 fully saturated rings. The minimum Gasteiger partial charge on any atom is -0.381 e. The lowest BCUT2D eigenvalue weighted by Gasteiger charge is -2.61. The van der Waals surface area contributed by atoms with Gasteiger partial charge in [-0.05, 0) is 31.9 Å². The molecule has 0 N–H and O–H groups in total. The van der Waals surface area contributed by atoms with Gasteiger partial charge in [0.15, 0.2) is 0 Å². The molecular weight excluding hydrogens is 376 g/mol. The number of alkyl halides is 2. The molecule has 0 aliphatic carbocycles. The van der Waals surface area contributed by atoms with Crippen molar-refractivity contribution in [3.8, 4) is 0 Å². The van der Waals surface area contributed by atoms with Crippen LogP contribution in [-0.4, -0.2) is 68.0 Å². The predicted octanol–water partition coefficient (Wildman–Crippen LogP) is 1.99. The standard InChI is InChI=1S/C18H25F2N3O3S/c1-13-15(3-4-16(21-13)17(2,19)20)27(24,25)23-11-18(12-23)9-22(10-18)14-5-7-26-8-6-14/h3-4,14H,5-12H2,1-2H3. The summed E-state index contributed by atoms with van der Waals surface area (Å²) >= 11 is 0. The van der Waals surface area contributed by atoms with Crippen LogP contribution in [0.15, 0.2) is 17.0 Å². The number of aryl methyl sites for hydroxylation is 1. The van der Waals surface area contributed by atoms with Crippen molar-refractivity contribution in [2.45, 2.75) is 43.5 Å². The van der Waals surface area contributed by atoms with E-state index in [4.69, 9.17) is 4.74 Å². The fourth-order valence-corrected chi connectivity index (χ4v) is 6.22. The Morgan fingerprint density at radius 2 is 1.81 bits per heavy atom. The maximum absolute atomic E-state index is 13.4. The number of hydrogen-bond donors (Lipinski definition) is 0. The van der Waals surface area contributed by atoms with Crippen LogP contribution in [0.4, 0.5) is 8.78 Å². The Hall–Kier alpha value is -1.16. The van der Waals surface area contributed by atoms with Crippen molar-refractivity contribution in [3.63, 3.8) is 0 Å². The number of aromatic nitrogens is 1. The van der Waals surface area contributed by atoms with Gasteiger partial charge in [0.1, 0.15) is 10.6 Å². The van der Waals surface area contributed by atoms with E-state index in [2.05, 4.69) is 9.88 Å². The summed E-state index contributed by atoms with van der Waals surface area (Å²) in [6, 6.07) is 2.90. The quantitative estimate of drug-likeness (QED) is 0.772. The van der Waals surface area contributed by atoms with E-state index < -0.39 is 21.6 Å². The molecule has 6 nitrogen and oxygen atoms in total. The first kappa shape index (κ1) is 19.2. The average molecular weight is 401 g/mol.